The molecule has 2 nitrogen and oxygen atoms in total. The van der Waals surface area contributed by atoms with Gasteiger partial charge in [0.2, 0.25) is 0 Å². The maximum Gasteiger partial charge on any atom is 0.0716 e. The topological polar surface area (TPSA) is 35.2 Å². The highest BCUT2D eigenvalue weighted by Crippen LogP contribution is 2.34. The zero-order valence-electron chi connectivity index (χ0n) is 10.7. The molecule has 0 aromatic heterocycles. The van der Waals surface area contributed by atoms with Crippen molar-refractivity contribution in [2.45, 2.75) is 44.8 Å². The van der Waals surface area contributed by atoms with Crippen molar-refractivity contribution in [3.63, 3.8) is 0 Å². The maximum absolute atomic E-state index is 6.35. The molecule has 2 heteroatoms. The first-order valence-corrected chi connectivity index (χ1v) is 6.58. The number of hydrogen-bond donors (Lipinski definition) is 1. The van der Waals surface area contributed by atoms with Crippen LogP contribution in [-0.4, -0.2) is 12.1 Å². The third-order valence-corrected chi connectivity index (χ3v) is 3.75. The van der Waals surface area contributed by atoms with Crippen molar-refractivity contribution in [2.75, 3.05) is 6.61 Å². The van der Waals surface area contributed by atoms with Crippen LogP contribution in [0.1, 0.15) is 38.2 Å². The Labute approximate surface area is 104 Å². The van der Waals surface area contributed by atoms with E-state index in [-0.39, 0.29) is 5.54 Å². The molecule has 1 aliphatic rings. The van der Waals surface area contributed by atoms with E-state index in [1.807, 2.05) is 18.2 Å². The predicted octanol–water partition coefficient (Wildman–Crippen LogP) is 3.11. The molecule has 0 bridgehead atoms. The normalized spacial score (nSPS) is 28.5. The summed E-state index contributed by atoms with van der Waals surface area (Å²) in [5.41, 5.74) is 7.62. The molecule has 0 aliphatic heterocycles. The Morgan fingerprint density at radius 2 is 2.12 bits per heavy atom. The standard InChI is InChI=1S/C15H23NO/c1-13-7-8-15(16,11-13)9-10-17-12-14-5-3-2-4-6-14/h2-6,13H,7-12,16H2,1H3. The predicted molar refractivity (Wildman–Crippen MR) is 70.6 cm³/mol. The summed E-state index contributed by atoms with van der Waals surface area (Å²) in [6.07, 6.45) is 4.57. The molecule has 1 saturated carbocycles. The first-order chi connectivity index (χ1) is 8.18. The summed E-state index contributed by atoms with van der Waals surface area (Å²) < 4.78 is 5.70. The molecular formula is C15H23NO. The highest BCUT2D eigenvalue weighted by molar-refractivity contribution is 5.13. The van der Waals surface area contributed by atoms with Crippen molar-refractivity contribution in [2.24, 2.45) is 11.7 Å². The molecule has 1 fully saturated rings. The molecule has 17 heavy (non-hydrogen) atoms. The summed E-state index contributed by atoms with van der Waals surface area (Å²) in [6, 6.07) is 10.3. The van der Waals surface area contributed by atoms with E-state index in [1.165, 1.54) is 12.0 Å². The lowest BCUT2D eigenvalue weighted by Crippen LogP contribution is -2.38. The number of ether oxygens (including phenoxy) is 1. The Bertz CT molecular complexity index is 338. The fourth-order valence-corrected chi connectivity index (χ4v) is 2.70. The number of rotatable bonds is 5. The third kappa shape index (κ3) is 3.83. The highest BCUT2D eigenvalue weighted by atomic mass is 16.5. The van der Waals surface area contributed by atoms with Gasteiger partial charge in [0.05, 0.1) is 6.61 Å². The summed E-state index contributed by atoms with van der Waals surface area (Å²) in [7, 11) is 0. The van der Waals surface area contributed by atoms with Gasteiger partial charge in [0, 0.05) is 12.1 Å². The summed E-state index contributed by atoms with van der Waals surface area (Å²) >= 11 is 0. The van der Waals surface area contributed by atoms with Crippen molar-refractivity contribution < 1.29 is 4.74 Å². The second-order valence-corrected chi connectivity index (χ2v) is 5.50. The largest absolute Gasteiger partial charge is 0.377 e. The molecular weight excluding hydrogens is 210 g/mol. The van der Waals surface area contributed by atoms with Crippen LogP contribution in [-0.2, 0) is 11.3 Å². The Hall–Kier alpha value is -0.860. The van der Waals surface area contributed by atoms with Gasteiger partial charge in [-0.2, -0.15) is 0 Å². The van der Waals surface area contributed by atoms with Gasteiger partial charge in [0.1, 0.15) is 0 Å². The molecule has 2 atom stereocenters. The maximum atomic E-state index is 6.35. The first-order valence-electron chi connectivity index (χ1n) is 6.58. The van der Waals surface area contributed by atoms with Crippen molar-refractivity contribution >= 4 is 0 Å². The minimum atomic E-state index is 0.0378. The van der Waals surface area contributed by atoms with E-state index in [4.69, 9.17) is 10.5 Å². The number of hydrogen-bond acceptors (Lipinski definition) is 2. The van der Waals surface area contributed by atoms with E-state index in [1.54, 1.807) is 0 Å². The van der Waals surface area contributed by atoms with Crippen molar-refractivity contribution in [1.29, 1.82) is 0 Å². The van der Waals surface area contributed by atoms with Gasteiger partial charge in [-0.1, -0.05) is 37.3 Å². The lowest BCUT2D eigenvalue weighted by Gasteiger charge is -2.23. The highest BCUT2D eigenvalue weighted by Gasteiger charge is 2.32. The summed E-state index contributed by atoms with van der Waals surface area (Å²) in [5, 5.41) is 0. The van der Waals surface area contributed by atoms with E-state index in [2.05, 4.69) is 19.1 Å². The molecule has 1 aliphatic carbocycles. The number of nitrogens with two attached hydrogens (primary N) is 1. The monoisotopic (exact) mass is 233 g/mol. The summed E-state index contributed by atoms with van der Waals surface area (Å²) in [4.78, 5) is 0. The van der Waals surface area contributed by atoms with E-state index in [0.29, 0.717) is 6.61 Å². The van der Waals surface area contributed by atoms with Crippen LogP contribution in [0.25, 0.3) is 0 Å². The van der Waals surface area contributed by atoms with Crippen molar-refractivity contribution in [3.05, 3.63) is 35.9 Å². The second-order valence-electron chi connectivity index (χ2n) is 5.50. The van der Waals surface area contributed by atoms with Crippen LogP contribution in [0.4, 0.5) is 0 Å². The fraction of sp³-hybridized carbons (Fsp3) is 0.600. The van der Waals surface area contributed by atoms with E-state index >= 15 is 0 Å². The zero-order chi connectivity index (χ0) is 12.1. The van der Waals surface area contributed by atoms with Crippen LogP contribution in [0.5, 0.6) is 0 Å². The number of benzene rings is 1. The zero-order valence-corrected chi connectivity index (χ0v) is 10.7. The van der Waals surface area contributed by atoms with E-state index in [0.717, 1.165) is 31.8 Å². The van der Waals surface area contributed by atoms with Gasteiger partial charge in [0.15, 0.2) is 0 Å². The first kappa shape index (κ1) is 12.6. The molecule has 0 radical (unpaired) electrons. The Morgan fingerprint density at radius 1 is 1.35 bits per heavy atom. The lowest BCUT2D eigenvalue weighted by molar-refractivity contribution is 0.102. The van der Waals surface area contributed by atoms with Crippen LogP contribution in [0.3, 0.4) is 0 Å². The Morgan fingerprint density at radius 3 is 2.76 bits per heavy atom. The van der Waals surface area contributed by atoms with Crippen LogP contribution < -0.4 is 5.73 Å². The molecule has 0 heterocycles. The van der Waals surface area contributed by atoms with Gasteiger partial charge < -0.3 is 10.5 Å². The Balaban J connectivity index is 1.67. The van der Waals surface area contributed by atoms with Crippen molar-refractivity contribution in [3.8, 4) is 0 Å². The third-order valence-electron chi connectivity index (χ3n) is 3.75. The fourth-order valence-electron chi connectivity index (χ4n) is 2.70. The van der Waals surface area contributed by atoms with Gasteiger partial charge in [-0.15, -0.1) is 0 Å². The van der Waals surface area contributed by atoms with Crippen LogP contribution in [0.2, 0.25) is 0 Å². The molecule has 94 valence electrons. The van der Waals surface area contributed by atoms with Crippen LogP contribution in [0.15, 0.2) is 30.3 Å². The van der Waals surface area contributed by atoms with Crippen LogP contribution in [0, 0.1) is 5.92 Å². The average molecular weight is 233 g/mol. The van der Waals surface area contributed by atoms with Gasteiger partial charge in [-0.25, -0.2) is 0 Å². The SMILES string of the molecule is CC1CCC(N)(CCOCc2ccccc2)C1. The summed E-state index contributed by atoms with van der Waals surface area (Å²) in [5.74, 6) is 0.786. The minimum absolute atomic E-state index is 0.0378. The molecule has 2 rings (SSSR count). The van der Waals surface area contributed by atoms with Gasteiger partial charge in [0.25, 0.3) is 0 Å². The minimum Gasteiger partial charge on any atom is -0.377 e. The quantitative estimate of drug-likeness (QED) is 0.793. The molecule has 0 spiro atoms. The van der Waals surface area contributed by atoms with Crippen LogP contribution >= 0.6 is 0 Å². The lowest BCUT2D eigenvalue weighted by atomic mass is 9.94. The van der Waals surface area contributed by atoms with Gasteiger partial charge in [-0.3, -0.25) is 0 Å². The second kappa shape index (κ2) is 5.65. The molecule has 0 saturated heterocycles. The molecule has 0 amide bonds. The Kier molecular flexibility index (Phi) is 4.19. The smallest absolute Gasteiger partial charge is 0.0716 e. The van der Waals surface area contributed by atoms with Gasteiger partial charge in [-0.05, 0) is 37.2 Å². The molecule has 1 aromatic rings. The molecule has 2 N–H and O–H groups in total. The molecule has 2 unspecified atom stereocenters. The van der Waals surface area contributed by atoms with E-state index < -0.39 is 0 Å². The summed E-state index contributed by atoms with van der Waals surface area (Å²) in [6.45, 7) is 3.77. The van der Waals surface area contributed by atoms with Gasteiger partial charge >= 0.3 is 0 Å². The van der Waals surface area contributed by atoms with E-state index in [9.17, 15) is 0 Å². The molecule has 1 aromatic carbocycles. The average Bonchev–Trinajstić information content (AvgIpc) is 2.67. The van der Waals surface area contributed by atoms with Crippen molar-refractivity contribution in [1.82, 2.24) is 0 Å².